The smallest absolute Gasteiger partial charge is 0.0295 e. The van der Waals surface area contributed by atoms with Gasteiger partial charge in [-0.2, -0.15) is 0 Å². The van der Waals surface area contributed by atoms with Gasteiger partial charge in [-0.1, -0.05) is 92.5 Å². The lowest BCUT2D eigenvalue weighted by atomic mass is 9.78. The van der Waals surface area contributed by atoms with Crippen LogP contribution in [0.5, 0.6) is 0 Å². The molecular formula is C36H22Br4. The van der Waals surface area contributed by atoms with Gasteiger partial charge in [0.25, 0.3) is 0 Å². The maximum atomic E-state index is 4.10. The second-order valence-corrected chi connectivity index (χ2v) is 14.8. The first-order valence-corrected chi connectivity index (χ1v) is 17.0. The highest BCUT2D eigenvalue weighted by Crippen LogP contribution is 2.52. The quantitative estimate of drug-likeness (QED) is 0.144. The summed E-state index contributed by atoms with van der Waals surface area (Å²) in [6.45, 7) is 0. The molecular weight excluding hydrogens is 752 g/mol. The molecule has 0 aromatic heterocycles. The summed E-state index contributed by atoms with van der Waals surface area (Å²) in [5.41, 5.74) is 23.0. The first kappa shape index (κ1) is 24.6. The highest BCUT2D eigenvalue weighted by Gasteiger charge is 2.33. The van der Waals surface area contributed by atoms with E-state index in [0.717, 1.165) is 38.5 Å². The van der Waals surface area contributed by atoms with Crippen LogP contribution < -0.4 is 0 Å². The Kier molecular flexibility index (Phi) is 5.39. The van der Waals surface area contributed by atoms with Crippen LogP contribution in [-0.2, 0) is 38.5 Å². The van der Waals surface area contributed by atoms with Crippen LogP contribution in [0.15, 0.2) is 78.6 Å². The van der Waals surface area contributed by atoms with Gasteiger partial charge in [0.1, 0.15) is 0 Å². The first-order valence-electron chi connectivity index (χ1n) is 13.8. The van der Waals surface area contributed by atoms with E-state index in [9.17, 15) is 0 Å². The summed E-state index contributed by atoms with van der Waals surface area (Å²) in [5.74, 6) is 0. The molecule has 4 heteroatoms. The normalized spacial score (nSPS) is 14.9. The van der Waals surface area contributed by atoms with Crippen molar-refractivity contribution in [1.82, 2.24) is 0 Å². The Hall–Kier alpha value is -1.98. The predicted octanol–water partition coefficient (Wildman–Crippen LogP) is 10.9. The molecule has 5 aromatic carbocycles. The van der Waals surface area contributed by atoms with E-state index in [1.54, 1.807) is 0 Å². The summed E-state index contributed by atoms with van der Waals surface area (Å²) >= 11 is 16.4. The molecule has 0 saturated carbocycles. The molecule has 4 aliphatic carbocycles. The molecule has 0 radical (unpaired) electrons. The number of benzene rings is 5. The summed E-state index contributed by atoms with van der Waals surface area (Å²) in [4.78, 5) is 0. The molecule has 0 nitrogen and oxygen atoms in total. The fourth-order valence-corrected chi connectivity index (χ4v) is 10.8. The number of halogens is 4. The second-order valence-electron chi connectivity index (χ2n) is 11.6. The lowest BCUT2D eigenvalue weighted by molar-refractivity contribution is 0.929. The molecule has 0 N–H and O–H groups in total. The number of fused-ring (bicyclic) bond motifs is 10. The molecule has 0 bridgehead atoms. The van der Waals surface area contributed by atoms with Gasteiger partial charge in [-0.25, -0.2) is 0 Å². The lowest BCUT2D eigenvalue weighted by Crippen LogP contribution is -2.16. The fourth-order valence-electron chi connectivity index (χ4n) is 7.74. The SMILES string of the molecule is Brc1c2c(c(Br)c3c1Cc1ccccc1-3)Cc1cc3c(cc1C2)Cc1c(Br)c2c(c(Br)c1C3)Cc1ccccc1-2. The molecule has 4 aliphatic rings. The highest BCUT2D eigenvalue weighted by molar-refractivity contribution is 9.11. The highest BCUT2D eigenvalue weighted by atomic mass is 79.9. The van der Waals surface area contributed by atoms with Crippen molar-refractivity contribution in [3.05, 3.63) is 145 Å². The minimum Gasteiger partial charge on any atom is -0.0619 e. The van der Waals surface area contributed by atoms with Crippen LogP contribution in [0.25, 0.3) is 22.3 Å². The van der Waals surface area contributed by atoms with Crippen molar-refractivity contribution in [2.24, 2.45) is 0 Å². The Morgan fingerprint density at radius 1 is 0.350 bits per heavy atom. The summed E-state index contributed by atoms with van der Waals surface area (Å²) in [6, 6.07) is 22.8. The lowest BCUT2D eigenvalue weighted by Gasteiger charge is -2.29. The van der Waals surface area contributed by atoms with Crippen molar-refractivity contribution >= 4 is 63.7 Å². The largest absolute Gasteiger partial charge is 0.0619 e. The Morgan fingerprint density at radius 2 is 0.675 bits per heavy atom. The molecule has 0 fully saturated rings. The Balaban J connectivity index is 1.15. The molecule has 0 atom stereocenters. The molecule has 0 spiro atoms. The van der Waals surface area contributed by atoms with E-state index < -0.39 is 0 Å². The van der Waals surface area contributed by atoms with Crippen LogP contribution in [0.1, 0.15) is 66.8 Å². The standard InChI is InChI=1S/C36H22Br4/c37-33-25-13-19-9-22-16-28-26(34(38)30-12-18-6-2-4-8-24(18)32(30)36(28)40)14-20(22)10-21(19)15-27(25)35(39)31-23-7-3-1-5-17(23)11-29(31)33/h1-10H,11-16H2. The third-order valence-electron chi connectivity index (χ3n) is 9.66. The van der Waals surface area contributed by atoms with Crippen molar-refractivity contribution in [3.8, 4) is 22.3 Å². The maximum Gasteiger partial charge on any atom is 0.0295 e. The van der Waals surface area contributed by atoms with Crippen LogP contribution >= 0.6 is 63.7 Å². The molecule has 0 aliphatic heterocycles. The topological polar surface area (TPSA) is 0 Å². The van der Waals surface area contributed by atoms with Gasteiger partial charge in [0.05, 0.1) is 0 Å². The average Bonchev–Trinajstić information content (AvgIpc) is 3.56. The molecule has 0 amide bonds. The molecule has 194 valence electrons. The van der Waals surface area contributed by atoms with Gasteiger partial charge in [0.2, 0.25) is 0 Å². The van der Waals surface area contributed by atoms with Gasteiger partial charge >= 0.3 is 0 Å². The van der Waals surface area contributed by atoms with Gasteiger partial charge in [-0.15, -0.1) is 0 Å². The van der Waals surface area contributed by atoms with E-state index in [0.29, 0.717) is 0 Å². The third kappa shape index (κ3) is 3.28. The van der Waals surface area contributed by atoms with Crippen molar-refractivity contribution in [2.45, 2.75) is 38.5 Å². The zero-order valence-corrected chi connectivity index (χ0v) is 27.9. The number of rotatable bonds is 0. The molecule has 0 saturated heterocycles. The van der Waals surface area contributed by atoms with E-state index in [1.165, 1.54) is 107 Å². The Labute approximate surface area is 267 Å². The third-order valence-corrected chi connectivity index (χ3v) is 13.3. The van der Waals surface area contributed by atoms with Gasteiger partial charge in [-0.3, -0.25) is 0 Å². The Bertz CT molecular complexity index is 1850. The minimum absolute atomic E-state index is 0.976. The molecule has 40 heavy (non-hydrogen) atoms. The van der Waals surface area contributed by atoms with Crippen LogP contribution in [0, 0.1) is 0 Å². The molecule has 0 unspecified atom stereocenters. The van der Waals surface area contributed by atoms with E-state index in [4.69, 9.17) is 0 Å². The van der Waals surface area contributed by atoms with Crippen LogP contribution in [0.4, 0.5) is 0 Å². The van der Waals surface area contributed by atoms with E-state index in [1.807, 2.05) is 0 Å². The minimum atomic E-state index is 0.976. The van der Waals surface area contributed by atoms with E-state index >= 15 is 0 Å². The molecule has 0 heterocycles. The molecule has 5 aromatic rings. The van der Waals surface area contributed by atoms with Gasteiger partial charge in [0, 0.05) is 29.0 Å². The van der Waals surface area contributed by atoms with Gasteiger partial charge in [0.15, 0.2) is 0 Å². The van der Waals surface area contributed by atoms with Crippen molar-refractivity contribution in [3.63, 3.8) is 0 Å². The zero-order valence-electron chi connectivity index (χ0n) is 21.5. The summed E-state index contributed by atoms with van der Waals surface area (Å²) < 4.78 is 5.21. The summed E-state index contributed by atoms with van der Waals surface area (Å²) in [6.07, 6.45) is 5.92. The predicted molar refractivity (Wildman–Crippen MR) is 178 cm³/mol. The number of hydrogen-bond donors (Lipinski definition) is 0. The second kappa shape index (κ2) is 8.77. The maximum absolute atomic E-state index is 4.10. The Morgan fingerprint density at radius 3 is 1.07 bits per heavy atom. The molecule has 9 rings (SSSR count). The average molecular weight is 774 g/mol. The zero-order chi connectivity index (χ0) is 26.9. The van der Waals surface area contributed by atoms with Crippen molar-refractivity contribution < 1.29 is 0 Å². The van der Waals surface area contributed by atoms with Crippen LogP contribution in [0.3, 0.4) is 0 Å². The fraction of sp³-hybridized carbons (Fsp3) is 0.167. The van der Waals surface area contributed by atoms with Crippen LogP contribution in [-0.4, -0.2) is 0 Å². The van der Waals surface area contributed by atoms with E-state index in [2.05, 4.69) is 124 Å². The summed E-state index contributed by atoms with van der Waals surface area (Å²) in [5, 5.41) is 0. The summed E-state index contributed by atoms with van der Waals surface area (Å²) in [7, 11) is 0. The van der Waals surface area contributed by atoms with Gasteiger partial charge < -0.3 is 0 Å². The van der Waals surface area contributed by atoms with Crippen molar-refractivity contribution in [2.75, 3.05) is 0 Å². The number of hydrogen-bond acceptors (Lipinski definition) is 0. The van der Waals surface area contributed by atoms with Gasteiger partial charge in [-0.05, 0) is 148 Å². The van der Waals surface area contributed by atoms with E-state index in [-0.39, 0.29) is 0 Å². The monoisotopic (exact) mass is 770 g/mol. The first-order chi connectivity index (χ1) is 19.5. The van der Waals surface area contributed by atoms with Crippen molar-refractivity contribution in [1.29, 1.82) is 0 Å². The van der Waals surface area contributed by atoms with Crippen LogP contribution in [0.2, 0.25) is 0 Å².